The van der Waals surface area contributed by atoms with Gasteiger partial charge in [0.05, 0.1) is 24.8 Å². The van der Waals surface area contributed by atoms with Crippen molar-refractivity contribution < 1.29 is 14.5 Å². The smallest absolute Gasteiger partial charge is 0.342 e. The number of aromatic nitrogens is 5. The Morgan fingerprint density at radius 2 is 2.11 bits per heavy atom. The van der Waals surface area contributed by atoms with Crippen molar-refractivity contribution in [3.63, 3.8) is 0 Å². The number of hydrogen-bond donors (Lipinski definition) is 0. The largest absolute Gasteiger partial charge is 0.466 e. The third-order valence-electron chi connectivity index (χ3n) is 4.95. The van der Waals surface area contributed by atoms with Crippen LogP contribution in [-0.2, 0) is 29.2 Å². The van der Waals surface area contributed by atoms with Gasteiger partial charge in [-0.2, -0.15) is 0 Å². The van der Waals surface area contributed by atoms with E-state index < -0.39 is 4.92 Å². The molecule has 0 N–H and O–H groups in total. The molecular formula is C17H25N7O4. The van der Waals surface area contributed by atoms with E-state index in [-0.39, 0.29) is 17.7 Å². The summed E-state index contributed by atoms with van der Waals surface area (Å²) in [5.41, 5.74) is 0.839. The molecule has 2 aromatic heterocycles. The number of imidazole rings is 1. The summed E-state index contributed by atoms with van der Waals surface area (Å²) in [4.78, 5) is 28.7. The van der Waals surface area contributed by atoms with Crippen molar-refractivity contribution in [3.05, 3.63) is 34.0 Å². The first kappa shape index (κ1) is 19.9. The van der Waals surface area contributed by atoms with Gasteiger partial charge in [0, 0.05) is 19.7 Å². The Morgan fingerprint density at radius 3 is 2.79 bits per heavy atom. The van der Waals surface area contributed by atoms with Gasteiger partial charge >= 0.3 is 11.8 Å². The third-order valence-corrected chi connectivity index (χ3v) is 4.95. The zero-order valence-electron chi connectivity index (χ0n) is 16.2. The highest BCUT2D eigenvalue weighted by molar-refractivity contribution is 5.72. The Balaban J connectivity index is 1.50. The molecule has 28 heavy (non-hydrogen) atoms. The molecule has 0 atom stereocenters. The van der Waals surface area contributed by atoms with Crippen molar-refractivity contribution in [1.82, 2.24) is 29.4 Å². The molecule has 1 saturated heterocycles. The standard InChI is InChI=1S/C17H25N7O4/c1-3-28-17(25)14-4-6-21(7-5-14)11-15-12-22(20-19-15)8-9-23-13(2)18-10-16(23)24(26)27/h10,12,14H,3-9,11H2,1-2H3. The van der Waals surface area contributed by atoms with Gasteiger partial charge in [-0.3, -0.25) is 9.69 Å². The number of nitrogens with zero attached hydrogens (tertiary/aromatic N) is 7. The van der Waals surface area contributed by atoms with Crippen molar-refractivity contribution >= 4 is 11.8 Å². The van der Waals surface area contributed by atoms with Crippen LogP contribution in [0, 0.1) is 23.0 Å². The predicted octanol–water partition coefficient (Wildman–Crippen LogP) is 1.17. The molecule has 3 heterocycles. The summed E-state index contributed by atoms with van der Waals surface area (Å²) in [5, 5.41) is 19.4. The van der Waals surface area contributed by atoms with Crippen molar-refractivity contribution in [1.29, 1.82) is 0 Å². The van der Waals surface area contributed by atoms with E-state index >= 15 is 0 Å². The molecule has 0 radical (unpaired) electrons. The quantitative estimate of drug-likeness (QED) is 0.373. The molecule has 1 aliphatic rings. The van der Waals surface area contributed by atoms with E-state index in [1.54, 1.807) is 16.2 Å². The van der Waals surface area contributed by atoms with Crippen LogP contribution in [-0.4, -0.2) is 60.0 Å². The summed E-state index contributed by atoms with van der Waals surface area (Å²) < 4.78 is 8.34. The van der Waals surface area contributed by atoms with E-state index in [0.29, 0.717) is 32.1 Å². The van der Waals surface area contributed by atoms with Gasteiger partial charge in [-0.1, -0.05) is 5.21 Å². The maximum atomic E-state index is 11.8. The Morgan fingerprint density at radius 1 is 1.36 bits per heavy atom. The van der Waals surface area contributed by atoms with Crippen LogP contribution in [0.2, 0.25) is 0 Å². The monoisotopic (exact) mass is 391 g/mol. The lowest BCUT2D eigenvalue weighted by atomic mass is 9.97. The highest BCUT2D eigenvalue weighted by Gasteiger charge is 2.26. The normalized spacial score (nSPS) is 15.6. The van der Waals surface area contributed by atoms with Crippen LogP contribution in [0.5, 0.6) is 0 Å². The number of aryl methyl sites for hydroxylation is 2. The van der Waals surface area contributed by atoms with Gasteiger partial charge in [-0.05, 0) is 37.8 Å². The van der Waals surface area contributed by atoms with Gasteiger partial charge in [0.15, 0.2) is 5.82 Å². The number of likely N-dealkylation sites (tertiary alicyclic amines) is 1. The minimum absolute atomic E-state index is 0.0129. The molecule has 0 spiro atoms. The molecule has 2 aromatic rings. The summed E-state index contributed by atoms with van der Waals surface area (Å²) in [6, 6.07) is 0. The van der Waals surface area contributed by atoms with E-state index in [0.717, 1.165) is 31.6 Å². The van der Waals surface area contributed by atoms with Crippen molar-refractivity contribution in [2.24, 2.45) is 5.92 Å². The summed E-state index contributed by atoms with van der Waals surface area (Å²) in [5.74, 6) is 0.455. The number of rotatable bonds is 8. The molecule has 11 heteroatoms. The molecule has 0 aromatic carbocycles. The zero-order chi connectivity index (χ0) is 20.1. The molecular weight excluding hydrogens is 366 g/mol. The fraction of sp³-hybridized carbons (Fsp3) is 0.647. The Kier molecular flexibility index (Phi) is 6.34. The zero-order valence-corrected chi connectivity index (χ0v) is 16.2. The van der Waals surface area contributed by atoms with Gasteiger partial charge in [0.2, 0.25) is 0 Å². The minimum Gasteiger partial charge on any atom is -0.466 e. The SMILES string of the molecule is CCOC(=O)C1CCN(Cc2cn(CCn3c([N+](=O)[O-])cnc3C)nn2)CC1. The second kappa shape index (κ2) is 8.91. The first-order chi connectivity index (χ1) is 13.5. The fourth-order valence-corrected chi connectivity index (χ4v) is 3.42. The minimum atomic E-state index is -0.438. The van der Waals surface area contributed by atoms with E-state index in [1.165, 1.54) is 6.20 Å². The first-order valence-corrected chi connectivity index (χ1v) is 9.42. The van der Waals surface area contributed by atoms with E-state index in [2.05, 4.69) is 20.2 Å². The molecule has 0 saturated carbocycles. The highest BCUT2D eigenvalue weighted by Crippen LogP contribution is 2.20. The molecule has 0 amide bonds. The van der Waals surface area contributed by atoms with Gasteiger partial charge in [-0.15, -0.1) is 5.10 Å². The van der Waals surface area contributed by atoms with Crippen LogP contribution >= 0.6 is 0 Å². The van der Waals surface area contributed by atoms with Crippen molar-refractivity contribution in [2.75, 3.05) is 19.7 Å². The maximum absolute atomic E-state index is 11.8. The van der Waals surface area contributed by atoms with Crippen LogP contribution < -0.4 is 0 Å². The summed E-state index contributed by atoms with van der Waals surface area (Å²) in [6.07, 6.45) is 4.70. The predicted molar refractivity (Wildman–Crippen MR) is 98.3 cm³/mol. The molecule has 1 fully saturated rings. The molecule has 0 bridgehead atoms. The molecule has 0 aliphatic carbocycles. The van der Waals surface area contributed by atoms with Gasteiger partial charge in [0.25, 0.3) is 0 Å². The van der Waals surface area contributed by atoms with E-state index in [4.69, 9.17) is 4.74 Å². The Bertz CT molecular complexity index is 823. The van der Waals surface area contributed by atoms with Gasteiger partial charge in [0.1, 0.15) is 12.7 Å². The average molecular weight is 391 g/mol. The number of carbonyl (C=O) groups is 1. The number of carbonyl (C=O) groups excluding carboxylic acids is 1. The molecule has 152 valence electrons. The van der Waals surface area contributed by atoms with Crippen LogP contribution in [0.15, 0.2) is 12.4 Å². The number of ether oxygens (including phenoxy) is 1. The van der Waals surface area contributed by atoms with Crippen molar-refractivity contribution in [2.45, 2.75) is 46.3 Å². The average Bonchev–Trinajstić information content (AvgIpc) is 3.27. The highest BCUT2D eigenvalue weighted by atomic mass is 16.6. The summed E-state index contributed by atoms with van der Waals surface area (Å²) in [6.45, 7) is 7.14. The maximum Gasteiger partial charge on any atom is 0.342 e. The lowest BCUT2D eigenvalue weighted by Crippen LogP contribution is -2.36. The summed E-state index contributed by atoms with van der Waals surface area (Å²) >= 11 is 0. The van der Waals surface area contributed by atoms with Crippen LogP contribution in [0.4, 0.5) is 5.82 Å². The van der Waals surface area contributed by atoms with Gasteiger partial charge < -0.3 is 14.9 Å². The number of piperidine rings is 1. The van der Waals surface area contributed by atoms with Crippen LogP contribution in [0.25, 0.3) is 0 Å². The molecule has 11 nitrogen and oxygen atoms in total. The summed E-state index contributed by atoms with van der Waals surface area (Å²) in [7, 11) is 0. The molecule has 3 rings (SSSR count). The molecule has 0 unspecified atom stereocenters. The lowest BCUT2D eigenvalue weighted by Gasteiger charge is -2.30. The Hall–Kier alpha value is -2.82. The lowest BCUT2D eigenvalue weighted by molar-refractivity contribution is -0.392. The van der Waals surface area contributed by atoms with E-state index in [9.17, 15) is 14.9 Å². The second-order valence-corrected chi connectivity index (χ2v) is 6.85. The number of esters is 1. The number of hydrogen-bond acceptors (Lipinski definition) is 8. The number of nitro groups is 1. The van der Waals surface area contributed by atoms with Crippen molar-refractivity contribution in [3.8, 4) is 0 Å². The van der Waals surface area contributed by atoms with Crippen LogP contribution in [0.3, 0.4) is 0 Å². The first-order valence-electron chi connectivity index (χ1n) is 9.42. The molecule has 1 aliphatic heterocycles. The van der Waals surface area contributed by atoms with Crippen LogP contribution in [0.1, 0.15) is 31.3 Å². The van der Waals surface area contributed by atoms with E-state index in [1.807, 2.05) is 13.1 Å². The van der Waals surface area contributed by atoms with Gasteiger partial charge in [-0.25, -0.2) is 14.2 Å². The third kappa shape index (κ3) is 4.71. The Labute approximate surface area is 162 Å². The fourth-order valence-electron chi connectivity index (χ4n) is 3.42. The second-order valence-electron chi connectivity index (χ2n) is 6.85. The topological polar surface area (TPSA) is 121 Å².